The number of halogens is 12. The normalized spacial score (nSPS) is 11.8. The van der Waals surface area contributed by atoms with E-state index in [0.717, 1.165) is 86.0 Å². The van der Waals surface area contributed by atoms with Gasteiger partial charge in [-0.25, -0.2) is 52.7 Å². The second-order valence-electron chi connectivity index (χ2n) is 11.9. The summed E-state index contributed by atoms with van der Waals surface area (Å²) in [4.78, 5) is 10.2. The molecule has 334 valence electrons. The van der Waals surface area contributed by atoms with E-state index in [1.807, 2.05) is 0 Å². The van der Waals surface area contributed by atoms with E-state index in [1.165, 1.54) is 49.2 Å². The number of hydrogen-bond donors (Lipinski definition) is 0. The van der Waals surface area contributed by atoms with Crippen LogP contribution in [0.4, 0.5) is 86.8 Å². The molecule has 6 aromatic carbocycles. The Hall–Kier alpha value is -5.92. The van der Waals surface area contributed by atoms with E-state index < -0.39 is 104 Å². The molecule has 20 heteroatoms. The van der Waals surface area contributed by atoms with Gasteiger partial charge in [-0.05, 0) is 85.6 Å². The maximum Gasteiger partial charge on any atom is 3.00 e. The Kier molecular flexibility index (Phi) is 21.7. The monoisotopic (exact) mass is 1040 g/mol. The van der Waals surface area contributed by atoms with Crippen LogP contribution in [0.25, 0.3) is 16.0 Å². The minimum atomic E-state index is -0.888. The van der Waals surface area contributed by atoms with Gasteiger partial charge in [0.1, 0.15) is 69.8 Å². The van der Waals surface area contributed by atoms with E-state index in [9.17, 15) is 52.7 Å². The number of ether oxygens (including phenoxy) is 1. The average Bonchev–Trinajstić information content (AvgIpc) is 3.83. The van der Waals surface area contributed by atoms with Crippen LogP contribution in [0.5, 0.6) is 0 Å². The van der Waals surface area contributed by atoms with E-state index in [2.05, 4.69) is 30.9 Å². The van der Waals surface area contributed by atoms with Crippen LogP contribution >= 0.6 is 0 Å². The van der Waals surface area contributed by atoms with Gasteiger partial charge in [0.15, 0.2) is 0 Å². The summed E-state index contributed by atoms with van der Waals surface area (Å²) in [6, 6.07) is 19.2. The summed E-state index contributed by atoms with van der Waals surface area (Å²) in [7, 11) is 0. The number of hydrogen-bond acceptors (Lipinski definition) is 4. The molecule has 1 aliphatic rings. The van der Waals surface area contributed by atoms with Crippen molar-refractivity contribution >= 4 is 53.1 Å². The van der Waals surface area contributed by atoms with Crippen molar-refractivity contribution in [3.8, 4) is 0 Å². The van der Waals surface area contributed by atoms with Gasteiger partial charge in [-0.3, -0.25) is 0 Å². The van der Waals surface area contributed by atoms with Gasteiger partial charge in [-0.1, -0.05) is 55.4 Å². The molecule has 0 bridgehead atoms. The molecule has 0 radical (unpaired) electrons. The fourth-order valence-corrected chi connectivity index (χ4v) is 4.62. The SMILES string of the molecule is C1CCOC1.Fc1cccc(F)c1N=C[N-]c1c(F)cccc1F.Fc1cccc(F)c1N=C[N-]c1c(F)cccc1F.Fc1cccc(F)c1N=C[N-]c1c(F)cccc1F.[Tm+3]. The number of para-hydroxylation sites is 6. The smallest absolute Gasteiger partial charge is 0.438 e. The van der Waals surface area contributed by atoms with Crippen LogP contribution in [-0.4, -0.2) is 32.2 Å². The van der Waals surface area contributed by atoms with E-state index in [-0.39, 0.29) is 36.9 Å². The molecule has 0 amide bonds. The number of aliphatic imine (C=N–C) groups is 3. The molecular formula is C43H29F12N6OTm. The third-order valence-electron chi connectivity index (χ3n) is 7.57. The Balaban J connectivity index is 0.000000236. The van der Waals surface area contributed by atoms with Crippen molar-refractivity contribution in [2.45, 2.75) is 12.8 Å². The van der Waals surface area contributed by atoms with Crippen LogP contribution in [0.1, 0.15) is 12.8 Å². The van der Waals surface area contributed by atoms with Crippen molar-refractivity contribution in [1.82, 2.24) is 0 Å². The molecule has 1 saturated heterocycles. The summed E-state index contributed by atoms with van der Waals surface area (Å²) in [6.45, 7) is 2.00. The molecule has 1 fully saturated rings. The maximum absolute atomic E-state index is 13.2. The maximum atomic E-state index is 13.2. The molecular weight excluding hydrogens is 1010 g/mol. The van der Waals surface area contributed by atoms with Crippen LogP contribution in [0.15, 0.2) is 124 Å². The molecule has 0 atom stereocenters. The predicted octanol–water partition coefficient (Wildman–Crippen LogP) is 14.6. The molecule has 7 nitrogen and oxygen atoms in total. The van der Waals surface area contributed by atoms with Crippen molar-refractivity contribution in [2.75, 3.05) is 13.2 Å². The van der Waals surface area contributed by atoms with Gasteiger partial charge in [-0.2, -0.15) is 0 Å². The first kappa shape index (κ1) is 51.4. The zero-order valence-electron chi connectivity index (χ0n) is 31.9. The molecule has 0 saturated carbocycles. The Morgan fingerprint density at radius 1 is 0.333 bits per heavy atom. The largest absolute Gasteiger partial charge is 3.00 e. The molecule has 0 aliphatic carbocycles. The Morgan fingerprint density at radius 3 is 0.698 bits per heavy atom. The Labute approximate surface area is 381 Å². The third kappa shape index (κ3) is 16.1. The first-order valence-electron chi connectivity index (χ1n) is 17.7. The van der Waals surface area contributed by atoms with Gasteiger partial charge in [0.05, 0.1) is 0 Å². The van der Waals surface area contributed by atoms with Gasteiger partial charge in [0.25, 0.3) is 0 Å². The topological polar surface area (TPSA) is 88.6 Å². The summed E-state index contributed by atoms with van der Waals surface area (Å²) in [5.41, 5.74) is -3.40. The summed E-state index contributed by atoms with van der Waals surface area (Å²) in [5.74, 6) is -10.7. The van der Waals surface area contributed by atoms with Gasteiger partial charge in [-0.15, -0.1) is 0 Å². The van der Waals surface area contributed by atoms with Gasteiger partial charge < -0.3 is 35.7 Å². The first-order valence-corrected chi connectivity index (χ1v) is 17.7. The number of rotatable bonds is 9. The van der Waals surface area contributed by atoms with Crippen LogP contribution in [0, 0.1) is 107 Å². The minimum Gasteiger partial charge on any atom is -0.438 e. The molecule has 0 unspecified atom stereocenters. The minimum absolute atomic E-state index is 0. The van der Waals surface area contributed by atoms with E-state index in [1.54, 1.807) is 0 Å². The predicted molar refractivity (Wildman–Crippen MR) is 212 cm³/mol. The van der Waals surface area contributed by atoms with E-state index in [4.69, 9.17) is 4.74 Å². The van der Waals surface area contributed by atoms with E-state index in [0.29, 0.717) is 19.0 Å². The van der Waals surface area contributed by atoms with Crippen molar-refractivity contribution in [3.63, 3.8) is 0 Å². The fraction of sp³-hybridized carbons (Fsp3) is 0.0930. The third-order valence-corrected chi connectivity index (χ3v) is 7.57. The Bertz CT molecular complexity index is 2110. The number of benzene rings is 6. The quantitative estimate of drug-likeness (QED) is 0.0806. The van der Waals surface area contributed by atoms with Gasteiger partial charge in [0.2, 0.25) is 0 Å². The van der Waals surface area contributed by atoms with Gasteiger partial charge in [0, 0.05) is 47.3 Å². The van der Waals surface area contributed by atoms with Crippen molar-refractivity contribution in [1.29, 1.82) is 0 Å². The van der Waals surface area contributed by atoms with Crippen molar-refractivity contribution < 1.29 is 94.3 Å². The van der Waals surface area contributed by atoms with Crippen LogP contribution in [-0.2, 0) is 4.74 Å². The zero-order chi connectivity index (χ0) is 45.0. The van der Waals surface area contributed by atoms with Crippen molar-refractivity contribution in [3.05, 3.63) is 195 Å². The van der Waals surface area contributed by atoms with Crippen LogP contribution in [0.2, 0.25) is 0 Å². The zero-order valence-corrected chi connectivity index (χ0v) is 33.6. The molecule has 0 N–H and O–H groups in total. The summed E-state index contributed by atoms with van der Waals surface area (Å²) in [6.07, 6.45) is 4.65. The molecule has 7 rings (SSSR count). The second-order valence-corrected chi connectivity index (χ2v) is 11.9. The molecule has 0 aromatic heterocycles. The second kappa shape index (κ2) is 26.5. The number of nitrogens with zero attached hydrogens (tertiary/aromatic N) is 6. The first-order chi connectivity index (χ1) is 29.8. The Morgan fingerprint density at radius 2 is 0.524 bits per heavy atom. The molecule has 63 heavy (non-hydrogen) atoms. The summed E-state index contributed by atoms with van der Waals surface area (Å²) >= 11 is 0. The molecule has 1 aliphatic heterocycles. The summed E-state index contributed by atoms with van der Waals surface area (Å²) < 4.78 is 163. The average molecular weight is 1040 g/mol. The molecule has 6 aromatic rings. The van der Waals surface area contributed by atoms with Crippen LogP contribution < -0.4 is 0 Å². The standard InChI is InChI=1S/3C13H7F4N2.C4H8O.Tm/c3*14-8-3-1-4-9(15)12(8)18-7-19-13-10(16)5-2-6-11(13)17;1-2-4-5-3-1;/h3*1-7H;1-4H2;/q3*-1;;+3. The van der Waals surface area contributed by atoms with Crippen LogP contribution in [0.3, 0.4) is 0 Å². The van der Waals surface area contributed by atoms with E-state index >= 15 is 0 Å². The van der Waals surface area contributed by atoms with Gasteiger partial charge >= 0.3 is 36.9 Å². The summed E-state index contributed by atoms with van der Waals surface area (Å²) in [5, 5.41) is 10.2. The van der Waals surface area contributed by atoms with Crippen molar-refractivity contribution in [2.24, 2.45) is 15.0 Å². The molecule has 1 heterocycles. The molecule has 0 spiro atoms. The fourth-order valence-electron chi connectivity index (χ4n) is 4.62.